The number of halogens is 1. The van der Waals surface area contributed by atoms with Gasteiger partial charge in [0.1, 0.15) is 12.6 Å². The molecular weight excluding hydrogens is 335 g/mol. The highest BCUT2D eigenvalue weighted by Crippen LogP contribution is 2.07. The lowest BCUT2D eigenvalue weighted by Crippen LogP contribution is -2.61. The molecule has 1 heterocycles. The quantitative estimate of drug-likeness (QED) is 0.634. The molecule has 1 atom stereocenters. The number of alkyl carbamates (subject to hydrolysis) is 1. The first-order valence-corrected chi connectivity index (χ1v) is 6.18. The molecule has 2 N–H and O–H groups in total. The Morgan fingerprint density at radius 1 is 1.47 bits per heavy atom. The third kappa shape index (κ3) is 3.32. The topological polar surface area (TPSA) is 67.4 Å². The molecular formula is C11H11IN2O3. The van der Waals surface area contributed by atoms with E-state index in [1.807, 2.05) is 24.3 Å². The molecule has 90 valence electrons. The van der Waals surface area contributed by atoms with E-state index in [1.165, 1.54) is 0 Å². The van der Waals surface area contributed by atoms with Gasteiger partial charge in [-0.05, 0) is 40.3 Å². The van der Waals surface area contributed by atoms with E-state index < -0.39 is 12.1 Å². The van der Waals surface area contributed by atoms with E-state index >= 15 is 0 Å². The van der Waals surface area contributed by atoms with Gasteiger partial charge in [0.15, 0.2) is 0 Å². The molecule has 0 spiro atoms. The van der Waals surface area contributed by atoms with E-state index in [0.717, 1.165) is 9.13 Å². The molecule has 0 unspecified atom stereocenters. The molecule has 1 aliphatic heterocycles. The molecule has 0 aliphatic carbocycles. The summed E-state index contributed by atoms with van der Waals surface area (Å²) in [4.78, 5) is 22.2. The van der Waals surface area contributed by atoms with Gasteiger partial charge in [-0.2, -0.15) is 0 Å². The van der Waals surface area contributed by atoms with Crippen molar-refractivity contribution in [2.24, 2.45) is 0 Å². The Morgan fingerprint density at radius 2 is 2.18 bits per heavy atom. The average Bonchev–Trinajstić information content (AvgIpc) is 2.33. The Kier molecular flexibility index (Phi) is 3.82. The molecule has 2 rings (SSSR count). The van der Waals surface area contributed by atoms with Gasteiger partial charge in [-0.15, -0.1) is 0 Å². The smallest absolute Gasteiger partial charge is 0.408 e. The third-order valence-corrected chi connectivity index (χ3v) is 3.09. The maximum atomic E-state index is 11.3. The van der Waals surface area contributed by atoms with Crippen LogP contribution in [0.4, 0.5) is 4.79 Å². The zero-order valence-corrected chi connectivity index (χ0v) is 11.1. The minimum Gasteiger partial charge on any atom is -0.445 e. The van der Waals surface area contributed by atoms with Crippen LogP contribution in [-0.4, -0.2) is 24.6 Å². The van der Waals surface area contributed by atoms with Gasteiger partial charge < -0.3 is 15.4 Å². The first-order chi connectivity index (χ1) is 8.15. The lowest BCUT2D eigenvalue weighted by Gasteiger charge is -2.26. The van der Waals surface area contributed by atoms with Crippen LogP contribution >= 0.6 is 22.6 Å². The van der Waals surface area contributed by atoms with Crippen LogP contribution in [0, 0.1) is 3.57 Å². The molecule has 0 aromatic heterocycles. The number of amides is 2. The van der Waals surface area contributed by atoms with Crippen LogP contribution in [0.3, 0.4) is 0 Å². The van der Waals surface area contributed by atoms with E-state index in [2.05, 4.69) is 33.2 Å². The number of nitrogens with one attached hydrogen (secondary N) is 2. The van der Waals surface area contributed by atoms with E-state index in [1.54, 1.807) is 0 Å². The largest absolute Gasteiger partial charge is 0.445 e. The number of carbonyl (C=O) groups excluding carboxylic acids is 2. The summed E-state index contributed by atoms with van der Waals surface area (Å²) < 4.78 is 6.12. The van der Waals surface area contributed by atoms with Gasteiger partial charge in [-0.1, -0.05) is 12.1 Å². The number of hydrogen-bond acceptors (Lipinski definition) is 3. The minimum absolute atomic E-state index is 0.170. The van der Waals surface area contributed by atoms with Crippen LogP contribution in [0.1, 0.15) is 5.56 Å². The predicted octanol–water partition coefficient (Wildman–Crippen LogP) is 1.02. The van der Waals surface area contributed by atoms with Crippen molar-refractivity contribution in [2.75, 3.05) is 6.54 Å². The Balaban J connectivity index is 1.76. The lowest BCUT2D eigenvalue weighted by molar-refractivity contribution is -0.128. The van der Waals surface area contributed by atoms with Crippen molar-refractivity contribution < 1.29 is 14.3 Å². The molecule has 0 saturated carbocycles. The molecule has 0 radical (unpaired) electrons. The highest BCUT2D eigenvalue weighted by Gasteiger charge is 2.29. The minimum atomic E-state index is -0.566. The van der Waals surface area contributed by atoms with Gasteiger partial charge in [0.05, 0.1) is 0 Å². The summed E-state index contributed by atoms with van der Waals surface area (Å²) in [7, 11) is 0. The van der Waals surface area contributed by atoms with Gasteiger partial charge in [-0.25, -0.2) is 4.79 Å². The summed E-state index contributed by atoms with van der Waals surface area (Å²) in [6.07, 6.45) is -0.566. The molecule has 1 aromatic rings. The summed E-state index contributed by atoms with van der Waals surface area (Å²) in [5.74, 6) is -0.170. The molecule has 17 heavy (non-hydrogen) atoms. The van der Waals surface area contributed by atoms with Gasteiger partial charge in [0.2, 0.25) is 5.91 Å². The molecule has 5 nitrogen and oxygen atoms in total. The first kappa shape index (κ1) is 12.2. The van der Waals surface area contributed by atoms with E-state index in [4.69, 9.17) is 4.74 Å². The van der Waals surface area contributed by atoms with Gasteiger partial charge in [0, 0.05) is 10.1 Å². The number of rotatable bonds is 3. The summed E-state index contributed by atoms with van der Waals surface area (Å²) in [6.45, 7) is 0.675. The fourth-order valence-electron chi connectivity index (χ4n) is 1.32. The Hall–Kier alpha value is -1.31. The number of β-lactam (4-membered cyclic amide) rings is 1. The van der Waals surface area contributed by atoms with E-state index in [9.17, 15) is 9.59 Å². The molecule has 6 heteroatoms. The van der Waals surface area contributed by atoms with E-state index in [0.29, 0.717) is 6.54 Å². The standard InChI is InChI=1S/C11H11IN2O3/c12-8-3-1-7(2-4-8)6-17-11(16)14-9-5-13-10(9)15/h1-4,9H,5-6H2,(H,13,15)(H,14,16)/t9-/m0/s1. The number of carbonyl (C=O) groups is 2. The summed E-state index contributed by atoms with van der Waals surface area (Å²) in [5, 5.41) is 5.01. The third-order valence-electron chi connectivity index (χ3n) is 2.37. The Labute approximate surface area is 112 Å². The molecule has 1 aromatic carbocycles. The average molecular weight is 346 g/mol. The number of benzene rings is 1. The monoisotopic (exact) mass is 346 g/mol. The highest BCUT2D eigenvalue weighted by atomic mass is 127. The van der Waals surface area contributed by atoms with Crippen LogP contribution in [0.2, 0.25) is 0 Å². The fourth-order valence-corrected chi connectivity index (χ4v) is 1.68. The highest BCUT2D eigenvalue weighted by molar-refractivity contribution is 14.1. The van der Waals surface area contributed by atoms with Crippen LogP contribution < -0.4 is 10.6 Å². The lowest BCUT2D eigenvalue weighted by atomic mass is 10.2. The summed E-state index contributed by atoms with van der Waals surface area (Å²) >= 11 is 2.20. The number of hydrogen-bond donors (Lipinski definition) is 2. The number of ether oxygens (including phenoxy) is 1. The van der Waals surface area contributed by atoms with Gasteiger partial charge in [-0.3, -0.25) is 4.79 Å². The SMILES string of the molecule is O=C(N[C@H]1CNC1=O)OCc1ccc(I)cc1. The van der Waals surface area contributed by atoms with Crippen LogP contribution in [0.5, 0.6) is 0 Å². The summed E-state index contributed by atoms with van der Waals surface area (Å²) in [5.41, 5.74) is 0.915. The van der Waals surface area contributed by atoms with Gasteiger partial charge >= 0.3 is 6.09 Å². The van der Waals surface area contributed by atoms with Crippen LogP contribution in [0.25, 0.3) is 0 Å². The maximum absolute atomic E-state index is 11.3. The van der Waals surface area contributed by atoms with Crippen molar-refractivity contribution in [3.8, 4) is 0 Å². The zero-order valence-electron chi connectivity index (χ0n) is 8.90. The van der Waals surface area contributed by atoms with E-state index in [-0.39, 0.29) is 12.5 Å². The second kappa shape index (κ2) is 5.35. The summed E-state index contributed by atoms with van der Waals surface area (Å²) in [6, 6.07) is 7.22. The Morgan fingerprint density at radius 3 is 2.71 bits per heavy atom. The first-order valence-electron chi connectivity index (χ1n) is 5.10. The van der Waals surface area contributed by atoms with Crippen molar-refractivity contribution in [3.05, 3.63) is 33.4 Å². The fraction of sp³-hybridized carbons (Fsp3) is 0.273. The molecule has 1 saturated heterocycles. The second-order valence-corrected chi connectivity index (χ2v) is 4.89. The van der Waals surface area contributed by atoms with Crippen molar-refractivity contribution in [1.29, 1.82) is 0 Å². The van der Waals surface area contributed by atoms with Crippen LogP contribution in [0.15, 0.2) is 24.3 Å². The normalized spacial score (nSPS) is 17.9. The van der Waals surface area contributed by atoms with Gasteiger partial charge in [0.25, 0.3) is 0 Å². The predicted molar refractivity (Wildman–Crippen MR) is 69.3 cm³/mol. The maximum Gasteiger partial charge on any atom is 0.408 e. The van der Waals surface area contributed by atoms with Crippen molar-refractivity contribution in [3.63, 3.8) is 0 Å². The van der Waals surface area contributed by atoms with Crippen molar-refractivity contribution in [2.45, 2.75) is 12.6 Å². The van der Waals surface area contributed by atoms with Crippen LogP contribution in [-0.2, 0) is 16.1 Å². The van der Waals surface area contributed by atoms with Crippen molar-refractivity contribution >= 4 is 34.6 Å². The molecule has 1 aliphatic rings. The molecule has 1 fully saturated rings. The molecule has 0 bridgehead atoms. The Bertz CT molecular complexity index is 433. The zero-order chi connectivity index (χ0) is 12.3. The van der Waals surface area contributed by atoms with Crippen molar-refractivity contribution in [1.82, 2.24) is 10.6 Å². The second-order valence-electron chi connectivity index (χ2n) is 3.64. The molecule has 2 amide bonds.